The minimum Gasteiger partial charge on any atom is -0.379 e. The summed E-state index contributed by atoms with van der Waals surface area (Å²) < 4.78 is 5.48. The van der Waals surface area contributed by atoms with Gasteiger partial charge in [0.1, 0.15) is 16.1 Å². The van der Waals surface area contributed by atoms with Gasteiger partial charge in [0.15, 0.2) is 0 Å². The van der Waals surface area contributed by atoms with Gasteiger partial charge in [-0.15, -0.1) is 0 Å². The van der Waals surface area contributed by atoms with Crippen LogP contribution in [0.2, 0.25) is 0 Å². The van der Waals surface area contributed by atoms with Gasteiger partial charge in [-0.05, 0) is 24.5 Å². The first-order chi connectivity index (χ1) is 15.8. The Kier molecular flexibility index (Phi) is 6.67. The maximum atomic E-state index is 13.5. The second-order valence-corrected chi connectivity index (χ2v) is 9.39. The van der Waals surface area contributed by atoms with Crippen molar-refractivity contribution >= 4 is 28.6 Å². The van der Waals surface area contributed by atoms with Crippen LogP contribution in [0, 0.1) is 0 Å². The van der Waals surface area contributed by atoms with Gasteiger partial charge in [0, 0.05) is 31.6 Å². The Balaban J connectivity index is 1.49. The molecular weight excluding hydrogens is 420 g/mol. The van der Waals surface area contributed by atoms with Crippen LogP contribution in [0.4, 0.5) is 0 Å². The molecule has 5 rings (SSSR count). The van der Waals surface area contributed by atoms with E-state index in [4.69, 9.17) is 14.7 Å². The smallest absolute Gasteiger partial charge is 0.240 e. The average Bonchev–Trinajstić information content (AvgIpc) is 3.38. The number of hydrogen-bond acceptors (Lipinski definition) is 6. The largest absolute Gasteiger partial charge is 0.379 e. The molecule has 3 heterocycles. The molecule has 166 valence electrons. The number of para-hydroxylation sites is 1. The third kappa shape index (κ3) is 4.80. The number of morpholine rings is 1. The van der Waals surface area contributed by atoms with E-state index in [0.717, 1.165) is 79.6 Å². The topological polar surface area (TPSA) is 58.6 Å². The summed E-state index contributed by atoms with van der Waals surface area (Å²) in [5.41, 5.74) is 1.94. The van der Waals surface area contributed by atoms with Gasteiger partial charge < -0.3 is 9.64 Å². The summed E-state index contributed by atoms with van der Waals surface area (Å²) >= 11 is 1.56. The normalized spacial score (nSPS) is 18.2. The van der Waals surface area contributed by atoms with Crippen LogP contribution in [-0.2, 0) is 16.1 Å². The lowest BCUT2D eigenvalue weighted by Crippen LogP contribution is -2.36. The van der Waals surface area contributed by atoms with Gasteiger partial charge in [-0.25, -0.2) is 9.97 Å². The second kappa shape index (κ2) is 9.98. The Labute approximate surface area is 193 Å². The van der Waals surface area contributed by atoms with Crippen molar-refractivity contribution in [1.82, 2.24) is 19.8 Å². The number of thioether (sulfide) groups is 1. The Bertz CT molecular complexity index is 1070. The number of rotatable bonds is 6. The fraction of sp³-hybridized carbons (Fsp3) is 0.400. The molecule has 0 N–H and O–H groups in total. The average molecular weight is 449 g/mol. The van der Waals surface area contributed by atoms with E-state index in [-0.39, 0.29) is 11.2 Å². The van der Waals surface area contributed by atoms with E-state index in [1.165, 1.54) is 0 Å². The molecule has 2 aliphatic heterocycles. The Morgan fingerprint density at radius 2 is 1.66 bits per heavy atom. The molecule has 0 radical (unpaired) electrons. The van der Waals surface area contributed by atoms with E-state index in [9.17, 15) is 4.79 Å². The van der Waals surface area contributed by atoms with Crippen molar-refractivity contribution in [1.29, 1.82) is 0 Å². The third-order valence-corrected chi connectivity index (χ3v) is 7.30. The van der Waals surface area contributed by atoms with E-state index < -0.39 is 0 Å². The number of hydrogen-bond donors (Lipinski definition) is 0. The quantitative estimate of drug-likeness (QED) is 0.421. The van der Waals surface area contributed by atoms with Gasteiger partial charge in [0.05, 0.1) is 25.3 Å². The first kappa shape index (κ1) is 21.4. The number of benzene rings is 2. The molecule has 3 aromatic rings. The van der Waals surface area contributed by atoms with Crippen LogP contribution in [0.5, 0.6) is 0 Å². The maximum absolute atomic E-state index is 13.5. The number of carbonyl (C=O) groups excluding carboxylic acids is 1. The van der Waals surface area contributed by atoms with Gasteiger partial charge in [-0.1, -0.05) is 60.3 Å². The SMILES string of the molecule is O=C(C(Sc1nc(CN2CCOCC2)nc2ccccc12)c1ccccc1)N1CCCC1. The van der Waals surface area contributed by atoms with Crippen molar-refractivity contribution in [2.75, 3.05) is 39.4 Å². The highest BCUT2D eigenvalue weighted by molar-refractivity contribution is 8.00. The summed E-state index contributed by atoms with van der Waals surface area (Å²) in [5, 5.41) is 1.56. The van der Waals surface area contributed by atoms with Crippen molar-refractivity contribution < 1.29 is 9.53 Å². The number of fused-ring (bicyclic) bond motifs is 1. The van der Waals surface area contributed by atoms with Gasteiger partial charge in [0.25, 0.3) is 0 Å². The highest BCUT2D eigenvalue weighted by Gasteiger charge is 2.30. The minimum absolute atomic E-state index is 0.177. The van der Waals surface area contributed by atoms with Crippen LogP contribution in [0.25, 0.3) is 10.9 Å². The zero-order valence-electron chi connectivity index (χ0n) is 18.2. The van der Waals surface area contributed by atoms with Crippen molar-refractivity contribution in [3.63, 3.8) is 0 Å². The molecule has 0 spiro atoms. The molecule has 0 saturated carbocycles. The van der Waals surface area contributed by atoms with Gasteiger partial charge in [-0.3, -0.25) is 9.69 Å². The monoisotopic (exact) mass is 448 g/mol. The molecular formula is C25H28N4O2S. The molecule has 0 bridgehead atoms. The number of carbonyl (C=O) groups is 1. The third-order valence-electron chi connectivity index (χ3n) is 6.06. The summed E-state index contributed by atoms with van der Waals surface area (Å²) in [6.07, 6.45) is 2.16. The number of ether oxygens (including phenoxy) is 1. The number of aromatic nitrogens is 2. The lowest BCUT2D eigenvalue weighted by atomic mass is 10.1. The molecule has 0 aliphatic carbocycles. The zero-order valence-corrected chi connectivity index (χ0v) is 19.0. The summed E-state index contributed by atoms with van der Waals surface area (Å²) in [4.78, 5) is 27.7. The molecule has 2 aliphatic rings. The van der Waals surface area contributed by atoms with E-state index >= 15 is 0 Å². The standard InChI is InChI=1S/C25H28N4O2S/c30-25(29-12-6-7-13-29)23(19-8-2-1-3-9-19)32-24-20-10-4-5-11-21(20)26-22(27-24)18-28-14-16-31-17-15-28/h1-5,8-11,23H,6-7,12-18H2. The predicted molar refractivity (Wildman–Crippen MR) is 126 cm³/mol. The molecule has 2 saturated heterocycles. The van der Waals surface area contributed by atoms with Crippen LogP contribution in [0.1, 0.15) is 29.5 Å². The second-order valence-electron chi connectivity index (χ2n) is 8.29. The van der Waals surface area contributed by atoms with E-state index in [0.29, 0.717) is 6.54 Å². The summed E-state index contributed by atoms with van der Waals surface area (Å²) in [6.45, 7) is 5.64. The first-order valence-electron chi connectivity index (χ1n) is 11.3. The maximum Gasteiger partial charge on any atom is 0.240 e. The summed E-state index contributed by atoms with van der Waals surface area (Å²) in [7, 11) is 0. The van der Waals surface area contributed by atoms with Crippen LogP contribution >= 0.6 is 11.8 Å². The van der Waals surface area contributed by atoms with Crippen LogP contribution in [0.3, 0.4) is 0 Å². The molecule has 32 heavy (non-hydrogen) atoms. The van der Waals surface area contributed by atoms with E-state index in [1.807, 2.05) is 53.4 Å². The fourth-order valence-electron chi connectivity index (χ4n) is 4.32. The highest BCUT2D eigenvalue weighted by Crippen LogP contribution is 2.39. The lowest BCUT2D eigenvalue weighted by Gasteiger charge is -2.26. The zero-order chi connectivity index (χ0) is 21.8. The molecule has 1 unspecified atom stereocenters. The van der Waals surface area contributed by atoms with Gasteiger partial charge in [-0.2, -0.15) is 0 Å². The summed E-state index contributed by atoms with van der Waals surface area (Å²) in [6, 6.07) is 18.2. The van der Waals surface area contributed by atoms with Gasteiger partial charge in [0.2, 0.25) is 5.91 Å². The summed E-state index contributed by atoms with van der Waals surface area (Å²) in [5.74, 6) is 0.977. The van der Waals surface area contributed by atoms with Crippen LogP contribution in [0.15, 0.2) is 59.6 Å². The Hall–Kier alpha value is -2.48. The molecule has 1 amide bonds. The first-order valence-corrected chi connectivity index (χ1v) is 12.2. The van der Waals surface area contributed by atoms with Crippen molar-refractivity contribution in [2.24, 2.45) is 0 Å². The lowest BCUT2D eigenvalue weighted by molar-refractivity contribution is -0.129. The minimum atomic E-state index is -0.316. The molecule has 6 nitrogen and oxygen atoms in total. The molecule has 1 atom stereocenters. The number of amides is 1. The fourth-order valence-corrected chi connectivity index (χ4v) is 5.54. The van der Waals surface area contributed by atoms with Crippen molar-refractivity contribution in [3.8, 4) is 0 Å². The number of nitrogens with zero attached hydrogens (tertiary/aromatic N) is 4. The number of likely N-dealkylation sites (tertiary alicyclic amines) is 1. The highest BCUT2D eigenvalue weighted by atomic mass is 32.2. The predicted octanol–water partition coefficient (Wildman–Crippen LogP) is 3.92. The van der Waals surface area contributed by atoms with Crippen molar-refractivity contribution in [3.05, 3.63) is 66.0 Å². The van der Waals surface area contributed by atoms with Gasteiger partial charge >= 0.3 is 0 Å². The van der Waals surface area contributed by atoms with E-state index in [1.54, 1.807) is 11.8 Å². The molecule has 2 aromatic carbocycles. The molecule has 7 heteroatoms. The van der Waals surface area contributed by atoms with E-state index in [2.05, 4.69) is 11.0 Å². The molecule has 2 fully saturated rings. The van der Waals surface area contributed by atoms with Crippen LogP contribution in [-0.4, -0.2) is 65.1 Å². The Morgan fingerprint density at radius 3 is 2.44 bits per heavy atom. The van der Waals surface area contributed by atoms with Crippen LogP contribution < -0.4 is 0 Å². The van der Waals surface area contributed by atoms with Crippen molar-refractivity contribution in [2.45, 2.75) is 29.7 Å². The molecule has 1 aromatic heterocycles. The Morgan fingerprint density at radius 1 is 0.938 bits per heavy atom.